The van der Waals surface area contributed by atoms with E-state index in [9.17, 15) is 14.0 Å². The largest absolute Gasteiger partial charge is 0.484 e. The van der Waals surface area contributed by atoms with Gasteiger partial charge >= 0.3 is 0 Å². The fourth-order valence-electron chi connectivity index (χ4n) is 2.60. The predicted octanol–water partition coefficient (Wildman–Crippen LogP) is 2.49. The van der Waals surface area contributed by atoms with Crippen molar-refractivity contribution in [1.82, 2.24) is 0 Å². The number of amides is 2. The Morgan fingerprint density at radius 1 is 1.26 bits per heavy atom. The Balaban J connectivity index is 1.66. The molecular weight excluding hydrogens is 319 g/mol. The van der Waals surface area contributed by atoms with Crippen molar-refractivity contribution in [2.24, 2.45) is 5.73 Å². The van der Waals surface area contributed by atoms with Crippen LogP contribution in [0.2, 0.25) is 0 Å². The number of carbonyl (C=O) groups is 2. The molecular formula is C16H15FN2O3S. The highest BCUT2D eigenvalue weighted by molar-refractivity contribution is 7.17. The van der Waals surface area contributed by atoms with Crippen molar-refractivity contribution < 1.29 is 18.7 Å². The highest BCUT2D eigenvalue weighted by atomic mass is 32.1. The van der Waals surface area contributed by atoms with Gasteiger partial charge in [0.25, 0.3) is 11.8 Å². The van der Waals surface area contributed by atoms with Crippen molar-refractivity contribution in [3.05, 3.63) is 46.1 Å². The molecule has 2 amide bonds. The molecule has 0 aliphatic heterocycles. The highest BCUT2D eigenvalue weighted by Gasteiger charge is 2.26. The van der Waals surface area contributed by atoms with E-state index in [1.165, 1.54) is 35.6 Å². The van der Waals surface area contributed by atoms with Crippen molar-refractivity contribution in [2.45, 2.75) is 19.3 Å². The molecule has 1 aromatic carbocycles. The number of anilines is 1. The van der Waals surface area contributed by atoms with Crippen LogP contribution in [0, 0.1) is 5.82 Å². The minimum atomic E-state index is -0.529. The molecule has 23 heavy (non-hydrogen) atoms. The second kappa shape index (κ2) is 6.37. The Hall–Kier alpha value is -2.41. The molecule has 0 atom stereocenters. The molecule has 0 fully saturated rings. The number of thiophene rings is 1. The van der Waals surface area contributed by atoms with Crippen LogP contribution >= 0.6 is 11.3 Å². The van der Waals surface area contributed by atoms with E-state index in [1.54, 1.807) is 0 Å². The van der Waals surface area contributed by atoms with Crippen LogP contribution in [0.25, 0.3) is 0 Å². The Morgan fingerprint density at radius 2 is 2.00 bits per heavy atom. The van der Waals surface area contributed by atoms with E-state index in [-0.39, 0.29) is 12.4 Å². The number of rotatable bonds is 5. The Morgan fingerprint density at radius 3 is 2.70 bits per heavy atom. The van der Waals surface area contributed by atoms with Crippen LogP contribution in [0.4, 0.5) is 9.39 Å². The number of fused-ring (bicyclic) bond motifs is 1. The van der Waals surface area contributed by atoms with Crippen molar-refractivity contribution in [3.8, 4) is 5.75 Å². The molecule has 2 aromatic rings. The first-order valence-electron chi connectivity index (χ1n) is 7.17. The van der Waals surface area contributed by atoms with Gasteiger partial charge in [-0.2, -0.15) is 0 Å². The van der Waals surface area contributed by atoms with E-state index in [1.807, 2.05) is 0 Å². The maximum Gasteiger partial charge on any atom is 0.262 e. The van der Waals surface area contributed by atoms with Gasteiger partial charge in [-0.3, -0.25) is 9.59 Å². The summed E-state index contributed by atoms with van der Waals surface area (Å²) < 4.78 is 18.1. The smallest absolute Gasteiger partial charge is 0.262 e. The van der Waals surface area contributed by atoms with E-state index >= 15 is 0 Å². The van der Waals surface area contributed by atoms with Gasteiger partial charge in [0, 0.05) is 4.88 Å². The minimum absolute atomic E-state index is 0.230. The summed E-state index contributed by atoms with van der Waals surface area (Å²) in [6, 6.07) is 5.39. The fourth-order valence-corrected chi connectivity index (χ4v) is 3.91. The molecule has 0 saturated heterocycles. The molecule has 5 nitrogen and oxygen atoms in total. The molecule has 0 bridgehead atoms. The molecule has 0 spiro atoms. The third kappa shape index (κ3) is 3.34. The van der Waals surface area contributed by atoms with Crippen LogP contribution in [0.1, 0.15) is 27.2 Å². The Labute approximate surface area is 136 Å². The summed E-state index contributed by atoms with van der Waals surface area (Å²) in [4.78, 5) is 24.8. The Kier molecular flexibility index (Phi) is 4.29. The zero-order valence-electron chi connectivity index (χ0n) is 12.2. The summed E-state index contributed by atoms with van der Waals surface area (Å²) in [6.45, 7) is -0.230. The van der Waals surface area contributed by atoms with Gasteiger partial charge in [0.2, 0.25) is 0 Å². The van der Waals surface area contributed by atoms with Gasteiger partial charge in [0.1, 0.15) is 16.6 Å². The fraction of sp³-hybridized carbons (Fsp3) is 0.250. The zero-order valence-corrected chi connectivity index (χ0v) is 13.0. The maximum atomic E-state index is 12.8. The molecule has 120 valence electrons. The normalized spacial score (nSPS) is 12.7. The van der Waals surface area contributed by atoms with E-state index in [4.69, 9.17) is 10.5 Å². The van der Waals surface area contributed by atoms with E-state index in [0.717, 1.165) is 29.7 Å². The van der Waals surface area contributed by atoms with Crippen molar-refractivity contribution >= 4 is 28.2 Å². The number of nitrogens with one attached hydrogen (secondary N) is 1. The maximum absolute atomic E-state index is 12.8. The lowest BCUT2D eigenvalue weighted by Gasteiger charge is -2.08. The summed E-state index contributed by atoms with van der Waals surface area (Å²) in [5.41, 5.74) is 6.81. The lowest BCUT2D eigenvalue weighted by atomic mass is 10.1. The topological polar surface area (TPSA) is 81.4 Å². The van der Waals surface area contributed by atoms with E-state index in [2.05, 4.69) is 5.32 Å². The van der Waals surface area contributed by atoms with Crippen LogP contribution in [-0.4, -0.2) is 18.4 Å². The third-order valence-corrected chi connectivity index (χ3v) is 4.81. The lowest BCUT2D eigenvalue weighted by molar-refractivity contribution is -0.118. The molecule has 0 radical (unpaired) electrons. The van der Waals surface area contributed by atoms with Gasteiger partial charge in [-0.25, -0.2) is 4.39 Å². The number of ether oxygens (including phenoxy) is 1. The van der Waals surface area contributed by atoms with Crippen LogP contribution < -0.4 is 15.8 Å². The van der Waals surface area contributed by atoms with Crippen LogP contribution in [0.15, 0.2) is 24.3 Å². The third-order valence-electron chi connectivity index (χ3n) is 3.60. The van der Waals surface area contributed by atoms with Crippen molar-refractivity contribution in [1.29, 1.82) is 0 Å². The van der Waals surface area contributed by atoms with Crippen LogP contribution in [0.5, 0.6) is 5.75 Å². The monoisotopic (exact) mass is 334 g/mol. The van der Waals surface area contributed by atoms with Gasteiger partial charge in [-0.1, -0.05) is 0 Å². The molecule has 1 aromatic heterocycles. The molecule has 3 N–H and O–H groups in total. The molecule has 7 heteroatoms. The quantitative estimate of drug-likeness (QED) is 0.881. The van der Waals surface area contributed by atoms with Gasteiger partial charge in [0.05, 0.1) is 5.56 Å². The minimum Gasteiger partial charge on any atom is -0.484 e. The number of hydrogen-bond donors (Lipinski definition) is 2. The first-order valence-corrected chi connectivity index (χ1v) is 7.99. The Bertz CT molecular complexity index is 755. The number of primary amides is 1. The SMILES string of the molecule is NC(=O)c1c(NC(=O)COc2ccc(F)cc2)sc2c1CCC2. The zero-order chi connectivity index (χ0) is 16.4. The van der Waals surface area contributed by atoms with Gasteiger partial charge in [0.15, 0.2) is 6.61 Å². The summed E-state index contributed by atoms with van der Waals surface area (Å²) in [5.74, 6) is -0.901. The number of aryl methyl sites for hydroxylation is 1. The van der Waals surface area contributed by atoms with Crippen LogP contribution in [-0.2, 0) is 17.6 Å². The average molecular weight is 334 g/mol. The molecule has 0 unspecified atom stereocenters. The second-order valence-corrected chi connectivity index (χ2v) is 6.32. The van der Waals surface area contributed by atoms with E-state index < -0.39 is 11.8 Å². The second-order valence-electron chi connectivity index (χ2n) is 5.22. The molecule has 0 saturated carbocycles. The molecule has 3 rings (SSSR count). The number of halogens is 1. The lowest BCUT2D eigenvalue weighted by Crippen LogP contribution is -2.22. The summed E-state index contributed by atoms with van der Waals surface area (Å²) in [6.07, 6.45) is 2.72. The molecule has 1 heterocycles. The van der Waals surface area contributed by atoms with Gasteiger partial charge in [-0.05, 0) is 49.1 Å². The number of carbonyl (C=O) groups excluding carboxylic acids is 2. The summed E-state index contributed by atoms with van der Waals surface area (Å²) in [5, 5.41) is 3.16. The number of nitrogens with two attached hydrogens (primary N) is 1. The van der Waals surface area contributed by atoms with Gasteiger partial charge < -0.3 is 15.8 Å². The number of hydrogen-bond acceptors (Lipinski definition) is 4. The molecule has 1 aliphatic rings. The highest BCUT2D eigenvalue weighted by Crippen LogP contribution is 2.38. The standard InChI is InChI=1S/C16H15FN2O3S/c17-9-4-6-10(7-5-9)22-8-13(20)19-16-14(15(18)21)11-2-1-3-12(11)23-16/h4-7H,1-3,8H2,(H2,18,21)(H,19,20). The van der Waals surface area contributed by atoms with E-state index in [0.29, 0.717) is 16.3 Å². The number of benzene rings is 1. The van der Waals surface area contributed by atoms with Crippen LogP contribution in [0.3, 0.4) is 0 Å². The van der Waals surface area contributed by atoms with Crippen molar-refractivity contribution in [2.75, 3.05) is 11.9 Å². The first-order chi connectivity index (χ1) is 11.0. The molecule has 1 aliphatic carbocycles. The summed E-state index contributed by atoms with van der Waals surface area (Å²) >= 11 is 1.39. The average Bonchev–Trinajstić information content (AvgIpc) is 3.06. The first kappa shape index (κ1) is 15.5. The predicted molar refractivity (Wildman–Crippen MR) is 85.4 cm³/mol. The van der Waals surface area contributed by atoms with Gasteiger partial charge in [-0.15, -0.1) is 11.3 Å². The summed E-state index contributed by atoms with van der Waals surface area (Å²) in [7, 11) is 0. The van der Waals surface area contributed by atoms with Crippen molar-refractivity contribution in [3.63, 3.8) is 0 Å².